The Kier molecular flexibility index (Phi) is 4.21. The van der Waals surface area contributed by atoms with Gasteiger partial charge >= 0.3 is 5.97 Å². The maximum atomic E-state index is 10.6. The largest absolute Gasteiger partial charge is 0.481 e. The summed E-state index contributed by atoms with van der Waals surface area (Å²) in [7, 11) is 0. The molecule has 7 heteroatoms. The number of nitro benzene ring substituents is 1. The molecule has 1 aromatic rings. The number of nitro groups is 1. The van der Waals surface area contributed by atoms with Crippen LogP contribution in [0.3, 0.4) is 0 Å². The molecule has 0 heterocycles. The topological polar surface area (TPSA) is 116 Å². The zero-order chi connectivity index (χ0) is 13.7. The highest BCUT2D eigenvalue weighted by Gasteiger charge is 2.15. The summed E-state index contributed by atoms with van der Waals surface area (Å²) >= 11 is 0. The SMILES string of the molecule is CC(CC(=O)O)Nc1ccc([N+](=O)[O-])c(C#N)c1. The van der Waals surface area contributed by atoms with Crippen LogP contribution in [0.15, 0.2) is 18.2 Å². The molecule has 0 spiro atoms. The van der Waals surface area contributed by atoms with E-state index in [1.54, 1.807) is 13.0 Å². The number of benzene rings is 1. The highest BCUT2D eigenvalue weighted by Crippen LogP contribution is 2.22. The van der Waals surface area contributed by atoms with Crippen LogP contribution < -0.4 is 5.32 Å². The van der Waals surface area contributed by atoms with Gasteiger partial charge in [0, 0.05) is 17.8 Å². The Morgan fingerprint density at radius 2 is 2.33 bits per heavy atom. The maximum Gasteiger partial charge on any atom is 0.305 e. The molecule has 7 nitrogen and oxygen atoms in total. The number of carbonyl (C=O) groups is 1. The lowest BCUT2D eigenvalue weighted by atomic mass is 10.1. The average Bonchev–Trinajstić information content (AvgIpc) is 2.27. The second kappa shape index (κ2) is 5.63. The molecule has 0 radical (unpaired) electrons. The average molecular weight is 249 g/mol. The van der Waals surface area contributed by atoms with Gasteiger partial charge in [-0.15, -0.1) is 0 Å². The van der Waals surface area contributed by atoms with E-state index in [-0.39, 0.29) is 23.7 Å². The second-order valence-corrected chi connectivity index (χ2v) is 3.74. The minimum Gasteiger partial charge on any atom is -0.481 e. The van der Waals surface area contributed by atoms with E-state index in [1.807, 2.05) is 0 Å². The van der Waals surface area contributed by atoms with Gasteiger partial charge in [-0.3, -0.25) is 14.9 Å². The van der Waals surface area contributed by atoms with Crippen molar-refractivity contribution >= 4 is 17.3 Å². The van der Waals surface area contributed by atoms with Gasteiger partial charge in [0.05, 0.1) is 11.3 Å². The summed E-state index contributed by atoms with van der Waals surface area (Å²) in [5.74, 6) is -0.947. The van der Waals surface area contributed by atoms with E-state index >= 15 is 0 Å². The number of carboxylic acid groups (broad SMARTS) is 1. The molecule has 0 aliphatic carbocycles. The molecular weight excluding hydrogens is 238 g/mol. The highest BCUT2D eigenvalue weighted by molar-refractivity contribution is 5.68. The molecule has 0 aromatic heterocycles. The molecule has 1 rings (SSSR count). The van der Waals surface area contributed by atoms with E-state index in [9.17, 15) is 14.9 Å². The van der Waals surface area contributed by atoms with Crippen molar-refractivity contribution in [3.8, 4) is 6.07 Å². The van der Waals surface area contributed by atoms with Crippen molar-refractivity contribution in [2.45, 2.75) is 19.4 Å². The highest BCUT2D eigenvalue weighted by atomic mass is 16.6. The Balaban J connectivity index is 2.90. The lowest BCUT2D eigenvalue weighted by Gasteiger charge is -2.12. The van der Waals surface area contributed by atoms with E-state index in [0.29, 0.717) is 5.69 Å². The van der Waals surface area contributed by atoms with Crippen molar-refractivity contribution in [3.63, 3.8) is 0 Å². The first-order valence-corrected chi connectivity index (χ1v) is 5.11. The smallest absolute Gasteiger partial charge is 0.305 e. The summed E-state index contributed by atoms with van der Waals surface area (Å²) in [5.41, 5.74) is 0.146. The van der Waals surface area contributed by atoms with E-state index < -0.39 is 10.9 Å². The third-order valence-corrected chi connectivity index (χ3v) is 2.21. The van der Waals surface area contributed by atoms with Crippen molar-refractivity contribution in [2.75, 3.05) is 5.32 Å². The van der Waals surface area contributed by atoms with Gasteiger partial charge in [0.2, 0.25) is 0 Å². The van der Waals surface area contributed by atoms with E-state index in [1.165, 1.54) is 18.2 Å². The van der Waals surface area contributed by atoms with Gasteiger partial charge in [-0.05, 0) is 19.1 Å². The normalized spacial score (nSPS) is 11.3. The molecule has 1 unspecified atom stereocenters. The van der Waals surface area contributed by atoms with Crippen LogP contribution in [0, 0.1) is 21.4 Å². The fourth-order valence-corrected chi connectivity index (χ4v) is 1.47. The number of carboxylic acids is 1. The van der Waals surface area contributed by atoms with Crippen molar-refractivity contribution in [1.82, 2.24) is 0 Å². The first-order valence-electron chi connectivity index (χ1n) is 5.11. The number of nitriles is 1. The van der Waals surface area contributed by atoms with Crippen LogP contribution in [0.4, 0.5) is 11.4 Å². The fraction of sp³-hybridized carbons (Fsp3) is 0.273. The minimum absolute atomic E-state index is 0.0625. The van der Waals surface area contributed by atoms with Crippen LogP contribution in [0.25, 0.3) is 0 Å². The molecule has 0 amide bonds. The third-order valence-electron chi connectivity index (χ3n) is 2.21. The van der Waals surface area contributed by atoms with Crippen LogP contribution in [0.1, 0.15) is 18.9 Å². The van der Waals surface area contributed by atoms with E-state index in [4.69, 9.17) is 10.4 Å². The Labute approximate surface area is 103 Å². The Hall–Kier alpha value is -2.62. The summed E-state index contributed by atoms with van der Waals surface area (Å²) in [4.78, 5) is 20.5. The molecular formula is C11H11N3O4. The van der Waals surface area contributed by atoms with Crippen LogP contribution in [-0.4, -0.2) is 22.0 Å². The van der Waals surface area contributed by atoms with Gasteiger partial charge in [0.25, 0.3) is 5.69 Å². The Morgan fingerprint density at radius 1 is 1.67 bits per heavy atom. The van der Waals surface area contributed by atoms with Crippen LogP contribution in [0.5, 0.6) is 0 Å². The second-order valence-electron chi connectivity index (χ2n) is 3.74. The van der Waals surface area contributed by atoms with Crippen LogP contribution in [-0.2, 0) is 4.79 Å². The molecule has 0 fully saturated rings. The van der Waals surface area contributed by atoms with Crippen LogP contribution >= 0.6 is 0 Å². The minimum atomic E-state index is -0.947. The van der Waals surface area contributed by atoms with Gasteiger partial charge in [-0.2, -0.15) is 5.26 Å². The van der Waals surface area contributed by atoms with Gasteiger partial charge in [-0.25, -0.2) is 0 Å². The fourth-order valence-electron chi connectivity index (χ4n) is 1.47. The molecule has 1 atom stereocenters. The number of nitrogens with one attached hydrogen (secondary N) is 1. The Bertz CT molecular complexity index is 522. The summed E-state index contributed by atoms with van der Waals surface area (Å²) < 4.78 is 0. The molecule has 1 aromatic carbocycles. The number of hydrogen-bond acceptors (Lipinski definition) is 5. The van der Waals surface area contributed by atoms with Crippen molar-refractivity contribution < 1.29 is 14.8 Å². The first kappa shape index (κ1) is 13.4. The van der Waals surface area contributed by atoms with Crippen LogP contribution in [0.2, 0.25) is 0 Å². The molecule has 0 aliphatic rings. The number of hydrogen-bond donors (Lipinski definition) is 2. The molecule has 94 valence electrons. The lowest BCUT2D eigenvalue weighted by Crippen LogP contribution is -2.19. The maximum absolute atomic E-state index is 10.6. The zero-order valence-electron chi connectivity index (χ0n) is 9.58. The van der Waals surface area contributed by atoms with E-state index in [2.05, 4.69) is 5.32 Å². The predicted molar refractivity (Wildman–Crippen MR) is 63.1 cm³/mol. The van der Waals surface area contributed by atoms with Gasteiger partial charge in [-0.1, -0.05) is 0 Å². The van der Waals surface area contributed by atoms with Crippen molar-refractivity contribution in [3.05, 3.63) is 33.9 Å². The number of anilines is 1. The summed E-state index contributed by atoms with van der Waals surface area (Å²) in [6.45, 7) is 1.67. The number of nitrogens with zero attached hydrogens (tertiary/aromatic N) is 2. The first-order chi connectivity index (χ1) is 8.43. The number of aliphatic carboxylic acids is 1. The molecule has 0 aliphatic heterocycles. The van der Waals surface area contributed by atoms with Gasteiger partial charge in [0.1, 0.15) is 11.6 Å². The molecule has 2 N–H and O–H groups in total. The van der Waals surface area contributed by atoms with Gasteiger partial charge in [0.15, 0.2) is 0 Å². The van der Waals surface area contributed by atoms with Crippen molar-refractivity contribution in [2.24, 2.45) is 0 Å². The Morgan fingerprint density at radius 3 is 2.83 bits per heavy atom. The zero-order valence-corrected chi connectivity index (χ0v) is 9.58. The summed E-state index contributed by atoms with van der Waals surface area (Å²) in [6, 6.07) is 5.38. The third kappa shape index (κ3) is 3.45. The van der Waals surface area contributed by atoms with E-state index in [0.717, 1.165) is 0 Å². The lowest BCUT2D eigenvalue weighted by molar-refractivity contribution is -0.385. The monoisotopic (exact) mass is 249 g/mol. The quantitative estimate of drug-likeness (QED) is 0.606. The predicted octanol–water partition coefficient (Wildman–Crippen LogP) is 1.74. The molecule has 18 heavy (non-hydrogen) atoms. The molecule has 0 saturated heterocycles. The molecule has 0 saturated carbocycles. The number of rotatable bonds is 5. The summed E-state index contributed by atoms with van der Waals surface area (Å²) in [5, 5.41) is 30.9. The van der Waals surface area contributed by atoms with Crippen molar-refractivity contribution in [1.29, 1.82) is 5.26 Å². The molecule has 0 bridgehead atoms. The van der Waals surface area contributed by atoms with Gasteiger partial charge < -0.3 is 10.4 Å². The standard InChI is InChI=1S/C11H11N3O4/c1-7(4-11(15)16)13-9-2-3-10(14(17)18)8(5-9)6-12/h2-3,5,7,13H,4H2,1H3,(H,15,16). The summed E-state index contributed by atoms with van der Waals surface area (Å²) in [6.07, 6.45) is -0.0844.